The predicted molar refractivity (Wildman–Crippen MR) is 127 cm³/mol. The van der Waals surface area contributed by atoms with E-state index in [0.717, 1.165) is 0 Å². The van der Waals surface area contributed by atoms with E-state index in [9.17, 15) is 4.79 Å². The Morgan fingerprint density at radius 2 is 1.19 bits per heavy atom. The number of carboxylic acids is 1. The van der Waals surface area contributed by atoms with Crippen LogP contribution in [0, 0.1) is 0 Å². The van der Waals surface area contributed by atoms with Crippen LogP contribution in [0.2, 0.25) is 5.54 Å². The van der Waals surface area contributed by atoms with Crippen LogP contribution in [0.5, 0.6) is 17.2 Å². The molecule has 0 aliphatic carbocycles. The second kappa shape index (κ2) is 11.2. The lowest BCUT2D eigenvalue weighted by molar-refractivity contribution is -0.132. The summed E-state index contributed by atoms with van der Waals surface area (Å²) in [5, 5.41) is 9.16. The lowest BCUT2D eigenvalue weighted by Crippen LogP contribution is -2.58. The van der Waals surface area contributed by atoms with Gasteiger partial charge in [-0.05, 0) is 56.2 Å². The summed E-state index contributed by atoms with van der Waals surface area (Å²) in [5.41, 5.74) is 0.197. The molecule has 0 saturated carbocycles. The Balaban J connectivity index is 1.97. The summed E-state index contributed by atoms with van der Waals surface area (Å²) in [6.45, 7) is 3.63. The highest BCUT2D eigenvalue weighted by molar-refractivity contribution is 6.64. The smallest absolute Gasteiger partial charge is 0.483 e. The van der Waals surface area contributed by atoms with E-state index in [4.69, 9.17) is 18.4 Å². The first kappa shape index (κ1) is 23.2. The number of para-hydroxylation sites is 3. The van der Waals surface area contributed by atoms with Gasteiger partial charge in [-0.25, -0.2) is 4.79 Å². The SMILES string of the molecule is C/C(=C\CCC(C)[Si](Oc1ccccc1)(Oc1ccccc1)Oc1ccccc1)C(=O)O. The average Bonchev–Trinajstić information content (AvgIpc) is 2.80. The Kier molecular flexibility index (Phi) is 8.11. The van der Waals surface area contributed by atoms with Gasteiger partial charge in [0.25, 0.3) is 0 Å². The second-order valence-electron chi connectivity index (χ2n) is 7.52. The van der Waals surface area contributed by atoms with Crippen molar-refractivity contribution >= 4 is 14.8 Å². The molecule has 1 unspecified atom stereocenters. The summed E-state index contributed by atoms with van der Waals surface area (Å²) in [4.78, 5) is 11.2. The molecule has 0 amide bonds. The van der Waals surface area contributed by atoms with Crippen molar-refractivity contribution in [2.24, 2.45) is 0 Å². The summed E-state index contributed by atoms with van der Waals surface area (Å²) >= 11 is 0. The zero-order valence-corrected chi connectivity index (χ0v) is 19.3. The lowest BCUT2D eigenvalue weighted by Gasteiger charge is -2.34. The zero-order valence-electron chi connectivity index (χ0n) is 18.3. The van der Waals surface area contributed by atoms with Crippen molar-refractivity contribution < 1.29 is 23.2 Å². The van der Waals surface area contributed by atoms with Crippen molar-refractivity contribution in [3.63, 3.8) is 0 Å². The van der Waals surface area contributed by atoms with Crippen LogP contribution < -0.4 is 13.3 Å². The summed E-state index contributed by atoms with van der Waals surface area (Å²) in [5.74, 6) is 1.07. The van der Waals surface area contributed by atoms with E-state index >= 15 is 0 Å². The molecule has 1 N–H and O–H groups in total. The third-order valence-electron chi connectivity index (χ3n) is 5.00. The molecular formula is C26H28O5Si. The minimum absolute atomic E-state index is 0.124. The number of hydrogen-bond donors (Lipinski definition) is 1. The Labute approximate surface area is 190 Å². The van der Waals surface area contributed by atoms with Crippen molar-refractivity contribution in [1.29, 1.82) is 0 Å². The summed E-state index contributed by atoms with van der Waals surface area (Å²) in [6, 6.07) is 28.5. The van der Waals surface area contributed by atoms with E-state index < -0.39 is 14.8 Å². The molecule has 0 saturated heterocycles. The molecule has 0 radical (unpaired) electrons. The maximum absolute atomic E-state index is 11.2. The number of carbonyl (C=O) groups is 1. The largest absolute Gasteiger partial charge is 0.702 e. The number of allylic oxidation sites excluding steroid dienone is 1. The average molecular weight is 449 g/mol. The maximum Gasteiger partial charge on any atom is 0.702 e. The number of carboxylic acid groups (broad SMARTS) is 1. The fourth-order valence-corrected chi connectivity index (χ4v) is 5.78. The molecule has 3 aromatic carbocycles. The van der Waals surface area contributed by atoms with Gasteiger partial charge >= 0.3 is 14.8 Å². The topological polar surface area (TPSA) is 65.0 Å². The fourth-order valence-electron chi connectivity index (χ4n) is 3.14. The monoisotopic (exact) mass is 448 g/mol. The molecule has 0 aliphatic heterocycles. The van der Waals surface area contributed by atoms with Gasteiger partial charge in [-0.3, -0.25) is 0 Å². The van der Waals surface area contributed by atoms with Gasteiger partial charge in [0.1, 0.15) is 17.2 Å². The van der Waals surface area contributed by atoms with E-state index in [1.54, 1.807) is 13.0 Å². The van der Waals surface area contributed by atoms with Gasteiger partial charge in [0.05, 0.1) is 5.54 Å². The van der Waals surface area contributed by atoms with E-state index in [1.165, 1.54) is 0 Å². The third-order valence-corrected chi connectivity index (χ3v) is 8.06. The van der Waals surface area contributed by atoms with Crippen LogP contribution in [0.3, 0.4) is 0 Å². The molecule has 0 aliphatic rings. The molecule has 0 spiro atoms. The number of benzene rings is 3. The fraction of sp³-hybridized carbons (Fsp3) is 0.192. The Morgan fingerprint density at radius 1 is 0.812 bits per heavy atom. The minimum atomic E-state index is -3.40. The first-order valence-corrected chi connectivity index (χ1v) is 12.4. The summed E-state index contributed by atoms with van der Waals surface area (Å²) in [6.07, 6.45) is 2.94. The highest BCUT2D eigenvalue weighted by Gasteiger charge is 2.54. The molecule has 6 heteroatoms. The van der Waals surface area contributed by atoms with Crippen LogP contribution >= 0.6 is 0 Å². The van der Waals surface area contributed by atoms with Gasteiger partial charge in [-0.15, -0.1) is 0 Å². The van der Waals surface area contributed by atoms with Gasteiger partial charge in [-0.1, -0.05) is 67.6 Å². The van der Waals surface area contributed by atoms with Crippen molar-refractivity contribution in [1.82, 2.24) is 0 Å². The molecule has 3 aromatic rings. The van der Waals surface area contributed by atoms with Gasteiger partial charge in [0.2, 0.25) is 0 Å². The first-order valence-electron chi connectivity index (χ1n) is 10.6. The van der Waals surface area contributed by atoms with Crippen LogP contribution in [0.1, 0.15) is 26.7 Å². The molecule has 0 fully saturated rings. The van der Waals surface area contributed by atoms with Gasteiger partial charge in [-0.2, -0.15) is 0 Å². The Morgan fingerprint density at radius 3 is 1.53 bits per heavy atom. The van der Waals surface area contributed by atoms with Crippen LogP contribution in [-0.2, 0) is 4.79 Å². The third kappa shape index (κ3) is 6.49. The first-order chi connectivity index (χ1) is 15.5. The highest BCUT2D eigenvalue weighted by atomic mass is 28.4. The van der Waals surface area contributed by atoms with E-state index in [1.807, 2.05) is 97.9 Å². The van der Waals surface area contributed by atoms with Crippen molar-refractivity contribution in [2.45, 2.75) is 32.2 Å². The van der Waals surface area contributed by atoms with Crippen LogP contribution in [0.4, 0.5) is 0 Å². The van der Waals surface area contributed by atoms with Crippen LogP contribution in [0.15, 0.2) is 103 Å². The van der Waals surface area contributed by atoms with Crippen molar-refractivity contribution in [3.8, 4) is 17.2 Å². The summed E-state index contributed by atoms with van der Waals surface area (Å²) < 4.78 is 19.6. The number of hydrogen-bond acceptors (Lipinski definition) is 4. The van der Waals surface area contributed by atoms with Crippen LogP contribution in [0.25, 0.3) is 0 Å². The van der Waals surface area contributed by atoms with Gasteiger partial charge < -0.3 is 18.4 Å². The summed E-state index contributed by atoms with van der Waals surface area (Å²) in [7, 11) is -3.40. The quantitative estimate of drug-likeness (QED) is 0.273. The zero-order chi connectivity index (χ0) is 22.8. The lowest BCUT2D eigenvalue weighted by atomic mass is 10.2. The van der Waals surface area contributed by atoms with Crippen molar-refractivity contribution in [2.75, 3.05) is 0 Å². The molecule has 5 nitrogen and oxygen atoms in total. The Bertz CT molecular complexity index is 905. The van der Waals surface area contributed by atoms with Gasteiger partial charge in [0.15, 0.2) is 0 Å². The highest BCUT2D eigenvalue weighted by Crippen LogP contribution is 2.34. The second-order valence-corrected chi connectivity index (χ2v) is 10.3. The van der Waals surface area contributed by atoms with E-state index in [2.05, 4.69) is 0 Å². The molecule has 166 valence electrons. The molecule has 0 heterocycles. The molecule has 0 aromatic heterocycles. The molecule has 0 bridgehead atoms. The van der Waals surface area contributed by atoms with Crippen molar-refractivity contribution in [3.05, 3.63) is 103 Å². The Hall–Kier alpha value is -3.51. The molecule has 1 atom stereocenters. The number of rotatable bonds is 11. The normalized spacial score (nSPS) is 12.6. The van der Waals surface area contributed by atoms with Gasteiger partial charge in [0, 0.05) is 5.57 Å². The molecular weight excluding hydrogens is 420 g/mol. The maximum atomic E-state index is 11.2. The predicted octanol–water partition coefficient (Wildman–Crippen LogP) is 6.36. The molecule has 3 rings (SSSR count). The molecule has 32 heavy (non-hydrogen) atoms. The minimum Gasteiger partial charge on any atom is -0.483 e. The van der Waals surface area contributed by atoms with E-state index in [-0.39, 0.29) is 5.54 Å². The number of aliphatic carboxylic acids is 1. The van der Waals surface area contributed by atoms with Crippen LogP contribution in [-0.4, -0.2) is 19.9 Å². The standard InChI is InChI=1S/C26H28O5Si/c1-21(26(27)28)13-12-14-22(2)32(29-23-15-6-3-7-16-23,30-24-17-8-4-9-18-24)31-25-19-10-5-11-20-25/h3-11,13,15-20,22H,12,14H2,1-2H3,(H,27,28)/b21-13+. The van der Waals surface area contributed by atoms with E-state index in [0.29, 0.717) is 35.7 Å².